The van der Waals surface area contributed by atoms with Gasteiger partial charge in [0.25, 0.3) is 0 Å². The van der Waals surface area contributed by atoms with Crippen LogP contribution in [0.4, 0.5) is 0 Å². The van der Waals surface area contributed by atoms with Gasteiger partial charge in [0.1, 0.15) is 0 Å². The van der Waals surface area contributed by atoms with Crippen LogP contribution in [0.5, 0.6) is 0 Å². The molecule has 2 fully saturated rings. The van der Waals surface area contributed by atoms with Crippen molar-refractivity contribution in [2.45, 2.75) is 51.6 Å². The average Bonchev–Trinajstić information content (AvgIpc) is 2.69. The summed E-state index contributed by atoms with van der Waals surface area (Å²) < 4.78 is 23.0. The van der Waals surface area contributed by atoms with Gasteiger partial charge in [-0.1, -0.05) is 6.92 Å². The fraction of sp³-hybridized carbons (Fsp3) is 1.00. The highest BCUT2D eigenvalue weighted by Crippen LogP contribution is 2.24. The number of hydrogen-bond acceptors (Lipinski definition) is 4. The van der Waals surface area contributed by atoms with E-state index in [9.17, 15) is 8.42 Å². The van der Waals surface area contributed by atoms with Gasteiger partial charge >= 0.3 is 0 Å². The third kappa shape index (κ3) is 4.43. The van der Waals surface area contributed by atoms with Crippen molar-refractivity contribution in [3.63, 3.8) is 0 Å². The van der Waals surface area contributed by atoms with Gasteiger partial charge in [-0.2, -0.15) is 0 Å². The van der Waals surface area contributed by atoms with E-state index in [1.54, 1.807) is 0 Å². The Morgan fingerprint density at radius 2 is 2.11 bits per heavy atom. The van der Waals surface area contributed by atoms with E-state index in [4.69, 9.17) is 0 Å². The van der Waals surface area contributed by atoms with Crippen molar-refractivity contribution in [2.24, 2.45) is 5.92 Å². The Labute approximate surface area is 117 Å². The number of sulfone groups is 1. The summed E-state index contributed by atoms with van der Waals surface area (Å²) in [6, 6.07) is 1.23. The third-order valence-corrected chi connectivity index (χ3v) is 6.35. The average molecular weight is 288 g/mol. The fourth-order valence-corrected chi connectivity index (χ4v) is 5.22. The van der Waals surface area contributed by atoms with E-state index in [0.717, 1.165) is 26.1 Å². The molecule has 0 amide bonds. The molecule has 3 unspecified atom stereocenters. The first-order chi connectivity index (χ1) is 9.00. The molecule has 2 aliphatic heterocycles. The van der Waals surface area contributed by atoms with Gasteiger partial charge < -0.3 is 10.2 Å². The molecule has 0 aliphatic carbocycles. The Kier molecular flexibility index (Phi) is 5.26. The number of nitrogens with zero attached hydrogens (tertiary/aromatic N) is 1. The number of nitrogens with one attached hydrogen (secondary N) is 1. The molecule has 0 spiro atoms. The molecule has 112 valence electrons. The zero-order chi connectivity index (χ0) is 13.9. The number of rotatable bonds is 5. The Balaban J connectivity index is 1.77. The Morgan fingerprint density at radius 1 is 1.32 bits per heavy atom. The van der Waals surface area contributed by atoms with E-state index in [-0.39, 0.29) is 0 Å². The van der Waals surface area contributed by atoms with Crippen LogP contribution in [-0.4, -0.2) is 56.5 Å². The number of likely N-dealkylation sites (tertiary alicyclic amines) is 1. The summed E-state index contributed by atoms with van der Waals surface area (Å²) in [4.78, 5) is 2.50. The van der Waals surface area contributed by atoms with E-state index < -0.39 is 9.84 Å². The Hall–Kier alpha value is -0.130. The molecular formula is C14H28N2O2S. The van der Waals surface area contributed by atoms with Gasteiger partial charge in [-0.3, -0.25) is 0 Å². The summed E-state index contributed by atoms with van der Waals surface area (Å²) in [6.07, 6.45) is 4.45. The normalized spacial score (nSPS) is 35.6. The maximum absolute atomic E-state index is 11.5. The molecule has 2 heterocycles. The predicted octanol–water partition coefficient (Wildman–Crippen LogP) is 1.27. The van der Waals surface area contributed by atoms with E-state index >= 15 is 0 Å². The van der Waals surface area contributed by atoms with Crippen LogP contribution in [0.3, 0.4) is 0 Å². The highest BCUT2D eigenvalue weighted by Gasteiger charge is 2.32. The zero-order valence-corrected chi connectivity index (χ0v) is 13.1. The van der Waals surface area contributed by atoms with Crippen LogP contribution in [0.25, 0.3) is 0 Å². The maximum Gasteiger partial charge on any atom is 0.150 e. The van der Waals surface area contributed by atoms with E-state index in [0.29, 0.717) is 29.5 Å². The number of hydrogen-bond donors (Lipinski definition) is 1. The van der Waals surface area contributed by atoms with Crippen LogP contribution < -0.4 is 5.32 Å². The van der Waals surface area contributed by atoms with Crippen molar-refractivity contribution in [1.82, 2.24) is 10.2 Å². The lowest BCUT2D eigenvalue weighted by atomic mass is 9.96. The van der Waals surface area contributed by atoms with Crippen LogP contribution in [0.2, 0.25) is 0 Å². The minimum atomic E-state index is -2.73. The second-order valence-electron chi connectivity index (χ2n) is 6.29. The van der Waals surface area contributed by atoms with Gasteiger partial charge in [0.2, 0.25) is 0 Å². The van der Waals surface area contributed by atoms with Crippen LogP contribution in [-0.2, 0) is 9.84 Å². The molecule has 0 aromatic heterocycles. The molecule has 3 atom stereocenters. The lowest BCUT2D eigenvalue weighted by Gasteiger charge is -2.39. The van der Waals surface area contributed by atoms with Gasteiger partial charge in [-0.25, -0.2) is 8.42 Å². The van der Waals surface area contributed by atoms with Crippen molar-refractivity contribution >= 4 is 9.84 Å². The molecule has 0 aromatic carbocycles. The molecule has 0 aromatic rings. The predicted molar refractivity (Wildman–Crippen MR) is 79.1 cm³/mol. The second-order valence-corrected chi connectivity index (χ2v) is 8.52. The molecule has 2 aliphatic rings. The molecule has 19 heavy (non-hydrogen) atoms. The lowest BCUT2D eigenvalue weighted by Crippen LogP contribution is -2.49. The minimum absolute atomic E-state index is 0.368. The second kappa shape index (κ2) is 6.55. The molecule has 2 rings (SSSR count). The molecule has 0 radical (unpaired) electrons. The van der Waals surface area contributed by atoms with Crippen LogP contribution in [0, 0.1) is 5.92 Å². The maximum atomic E-state index is 11.5. The topological polar surface area (TPSA) is 49.4 Å². The first-order valence-electron chi connectivity index (χ1n) is 7.68. The zero-order valence-electron chi connectivity index (χ0n) is 12.3. The molecule has 4 nitrogen and oxygen atoms in total. The lowest BCUT2D eigenvalue weighted by molar-refractivity contribution is 0.120. The highest BCUT2D eigenvalue weighted by atomic mass is 32.2. The monoisotopic (exact) mass is 288 g/mol. The first kappa shape index (κ1) is 15.3. The van der Waals surface area contributed by atoms with Gasteiger partial charge in [0.05, 0.1) is 11.5 Å². The molecule has 2 saturated heterocycles. The first-order valence-corrected chi connectivity index (χ1v) is 9.50. The molecular weight excluding hydrogens is 260 g/mol. The smallest absolute Gasteiger partial charge is 0.150 e. The summed E-state index contributed by atoms with van der Waals surface area (Å²) in [5.41, 5.74) is 0. The summed E-state index contributed by atoms with van der Waals surface area (Å²) in [7, 11) is -2.73. The van der Waals surface area contributed by atoms with Crippen LogP contribution in [0.1, 0.15) is 39.5 Å². The van der Waals surface area contributed by atoms with E-state index in [1.165, 1.54) is 19.3 Å². The minimum Gasteiger partial charge on any atom is -0.314 e. The highest BCUT2D eigenvalue weighted by molar-refractivity contribution is 7.91. The molecule has 0 saturated carbocycles. The summed E-state index contributed by atoms with van der Waals surface area (Å²) in [6.45, 7) is 7.67. The van der Waals surface area contributed by atoms with Gasteiger partial charge in [-0.05, 0) is 51.6 Å². The molecule has 1 N–H and O–H groups in total. The Bertz CT molecular complexity index is 383. The summed E-state index contributed by atoms with van der Waals surface area (Å²) >= 11 is 0. The van der Waals surface area contributed by atoms with Crippen molar-refractivity contribution < 1.29 is 8.42 Å². The van der Waals surface area contributed by atoms with Gasteiger partial charge in [-0.15, -0.1) is 0 Å². The number of piperidine rings is 1. The van der Waals surface area contributed by atoms with E-state index in [2.05, 4.69) is 24.1 Å². The Morgan fingerprint density at radius 3 is 2.68 bits per heavy atom. The van der Waals surface area contributed by atoms with E-state index in [1.807, 2.05) is 0 Å². The van der Waals surface area contributed by atoms with Crippen molar-refractivity contribution in [3.8, 4) is 0 Å². The molecule has 5 heteroatoms. The standard InChI is InChI=1S/C14H28N2O2S/c1-3-6-15-14-4-7-16(12(2)9-14)10-13-5-8-19(17,18)11-13/h12-15H,3-11H2,1-2H3. The van der Waals surface area contributed by atoms with Crippen molar-refractivity contribution in [2.75, 3.05) is 31.1 Å². The fourth-order valence-electron chi connectivity index (χ4n) is 3.37. The summed E-state index contributed by atoms with van der Waals surface area (Å²) in [5.74, 6) is 1.18. The largest absolute Gasteiger partial charge is 0.314 e. The quantitative estimate of drug-likeness (QED) is 0.828. The van der Waals surface area contributed by atoms with Crippen LogP contribution >= 0.6 is 0 Å². The third-order valence-electron chi connectivity index (χ3n) is 4.52. The van der Waals surface area contributed by atoms with Gasteiger partial charge in [0.15, 0.2) is 9.84 Å². The molecule has 0 bridgehead atoms. The summed E-state index contributed by atoms with van der Waals surface area (Å²) in [5, 5.41) is 3.61. The van der Waals surface area contributed by atoms with Crippen molar-refractivity contribution in [3.05, 3.63) is 0 Å². The van der Waals surface area contributed by atoms with Gasteiger partial charge in [0, 0.05) is 18.6 Å². The SMILES string of the molecule is CCCNC1CCN(CC2CCS(=O)(=O)C2)C(C)C1. The van der Waals surface area contributed by atoms with Crippen LogP contribution in [0.15, 0.2) is 0 Å². The van der Waals surface area contributed by atoms with Crippen molar-refractivity contribution in [1.29, 1.82) is 0 Å².